The van der Waals surface area contributed by atoms with Crippen LogP contribution in [0.3, 0.4) is 0 Å². The molecule has 0 saturated carbocycles. The number of amides is 1. The van der Waals surface area contributed by atoms with Gasteiger partial charge in [0.25, 0.3) is 5.56 Å². The van der Waals surface area contributed by atoms with Crippen molar-refractivity contribution < 1.29 is 4.79 Å². The molecule has 4 nitrogen and oxygen atoms in total. The zero-order chi connectivity index (χ0) is 12.8. The van der Waals surface area contributed by atoms with E-state index in [1.54, 1.807) is 25.3 Å². The lowest BCUT2D eigenvalue weighted by molar-refractivity contribution is -0.122. The number of nitrogens with one attached hydrogen (secondary N) is 1. The second-order valence-corrected chi connectivity index (χ2v) is 4.21. The van der Waals surface area contributed by atoms with Crippen molar-refractivity contribution in [2.24, 2.45) is 0 Å². The van der Waals surface area contributed by atoms with Crippen molar-refractivity contribution in [1.82, 2.24) is 9.88 Å². The van der Waals surface area contributed by atoms with Crippen molar-refractivity contribution in [3.8, 4) is 0 Å². The molecule has 1 N–H and O–H groups in total. The summed E-state index contributed by atoms with van der Waals surface area (Å²) in [5, 5.41) is 2.91. The maximum absolute atomic E-state index is 11.7. The summed E-state index contributed by atoms with van der Waals surface area (Å²) in [5.41, 5.74) is 0.551. The van der Waals surface area contributed by atoms with Gasteiger partial charge < -0.3 is 9.88 Å². The summed E-state index contributed by atoms with van der Waals surface area (Å²) in [6.07, 6.45) is 3.46. The predicted octanol–water partition coefficient (Wildman–Crippen LogP) is 1.46. The molecule has 0 fully saturated rings. The fourth-order valence-electron chi connectivity index (χ4n) is 1.70. The topological polar surface area (TPSA) is 51.1 Å². The van der Waals surface area contributed by atoms with E-state index in [1.165, 1.54) is 4.57 Å². The number of hydrogen-bond donors (Lipinski definition) is 1. The van der Waals surface area contributed by atoms with Crippen molar-refractivity contribution in [2.75, 3.05) is 0 Å². The Balaban J connectivity index is 2.68. The van der Waals surface area contributed by atoms with Crippen LogP contribution in [0.4, 0.5) is 0 Å². The van der Waals surface area contributed by atoms with Crippen LogP contribution in [0.5, 0.6) is 0 Å². The molecule has 1 rings (SSSR count). The zero-order valence-corrected chi connectivity index (χ0v) is 10.7. The van der Waals surface area contributed by atoms with Crippen LogP contribution in [0.1, 0.15) is 32.3 Å². The summed E-state index contributed by atoms with van der Waals surface area (Å²) < 4.78 is 1.44. The number of aryl methyl sites for hydroxylation is 1. The van der Waals surface area contributed by atoms with Gasteiger partial charge in [0.15, 0.2) is 0 Å². The van der Waals surface area contributed by atoms with Gasteiger partial charge in [0.1, 0.15) is 6.54 Å². The minimum absolute atomic E-state index is 0.0943. The Kier molecular flexibility index (Phi) is 4.94. The Labute approximate surface area is 102 Å². The fourth-order valence-corrected chi connectivity index (χ4v) is 1.70. The minimum Gasteiger partial charge on any atom is -0.352 e. The largest absolute Gasteiger partial charge is 0.352 e. The van der Waals surface area contributed by atoms with E-state index < -0.39 is 0 Å². The molecule has 0 unspecified atom stereocenters. The molecule has 1 aromatic rings. The molecule has 4 heteroatoms. The normalized spacial score (nSPS) is 10.6. The van der Waals surface area contributed by atoms with Crippen LogP contribution in [0, 0.1) is 6.92 Å². The van der Waals surface area contributed by atoms with E-state index >= 15 is 0 Å². The van der Waals surface area contributed by atoms with E-state index in [-0.39, 0.29) is 24.1 Å². The molecule has 0 spiro atoms. The van der Waals surface area contributed by atoms with Crippen molar-refractivity contribution in [3.63, 3.8) is 0 Å². The Morgan fingerprint density at radius 3 is 2.65 bits per heavy atom. The molecular weight excluding hydrogens is 216 g/mol. The van der Waals surface area contributed by atoms with Crippen LogP contribution in [-0.2, 0) is 11.3 Å². The third kappa shape index (κ3) is 3.73. The van der Waals surface area contributed by atoms with Gasteiger partial charge in [-0.2, -0.15) is 0 Å². The van der Waals surface area contributed by atoms with Gasteiger partial charge in [-0.25, -0.2) is 0 Å². The molecule has 0 aliphatic rings. The second kappa shape index (κ2) is 6.23. The third-order valence-corrected chi connectivity index (χ3v) is 2.88. The van der Waals surface area contributed by atoms with Gasteiger partial charge >= 0.3 is 0 Å². The van der Waals surface area contributed by atoms with Crippen molar-refractivity contribution in [2.45, 2.75) is 46.2 Å². The average Bonchev–Trinajstić information content (AvgIpc) is 2.32. The quantitative estimate of drug-likeness (QED) is 0.841. The summed E-state index contributed by atoms with van der Waals surface area (Å²) in [6, 6.07) is 3.72. The number of pyridine rings is 1. The van der Waals surface area contributed by atoms with E-state index in [2.05, 4.69) is 5.32 Å². The van der Waals surface area contributed by atoms with Gasteiger partial charge in [0, 0.05) is 17.8 Å². The lowest BCUT2D eigenvalue weighted by Crippen LogP contribution is -2.38. The number of rotatable bonds is 5. The summed E-state index contributed by atoms with van der Waals surface area (Å²) >= 11 is 0. The Hall–Kier alpha value is -1.58. The van der Waals surface area contributed by atoms with Gasteiger partial charge in [-0.05, 0) is 25.8 Å². The average molecular weight is 236 g/mol. The maximum Gasteiger partial charge on any atom is 0.253 e. The van der Waals surface area contributed by atoms with Crippen LogP contribution < -0.4 is 10.9 Å². The highest BCUT2D eigenvalue weighted by molar-refractivity contribution is 5.76. The smallest absolute Gasteiger partial charge is 0.253 e. The molecule has 0 radical (unpaired) electrons. The molecule has 0 aromatic carbocycles. The first-order valence-electron chi connectivity index (χ1n) is 6.03. The molecule has 94 valence electrons. The van der Waals surface area contributed by atoms with Crippen LogP contribution in [-0.4, -0.2) is 16.5 Å². The lowest BCUT2D eigenvalue weighted by Gasteiger charge is -2.15. The Morgan fingerprint density at radius 1 is 1.41 bits per heavy atom. The zero-order valence-electron chi connectivity index (χ0n) is 10.7. The second-order valence-electron chi connectivity index (χ2n) is 4.21. The monoisotopic (exact) mass is 236 g/mol. The summed E-state index contributed by atoms with van der Waals surface area (Å²) in [6.45, 7) is 5.91. The standard InChI is InChI=1S/C13H20N2O2/c1-4-11(5-2)14-12(16)9-15-8-6-7-10(3)13(15)17/h6-8,11H,4-5,9H2,1-3H3,(H,14,16). The van der Waals surface area contributed by atoms with Crippen LogP contribution in [0.15, 0.2) is 23.1 Å². The lowest BCUT2D eigenvalue weighted by atomic mass is 10.2. The molecule has 0 aliphatic heterocycles. The van der Waals surface area contributed by atoms with Crippen molar-refractivity contribution in [3.05, 3.63) is 34.2 Å². The predicted molar refractivity (Wildman–Crippen MR) is 68.0 cm³/mol. The van der Waals surface area contributed by atoms with Gasteiger partial charge in [-0.15, -0.1) is 0 Å². The molecule has 0 bridgehead atoms. The highest BCUT2D eigenvalue weighted by Gasteiger charge is 2.09. The molecule has 1 aromatic heterocycles. The van der Waals surface area contributed by atoms with Crippen LogP contribution in [0.25, 0.3) is 0 Å². The first kappa shape index (κ1) is 13.5. The highest BCUT2D eigenvalue weighted by Crippen LogP contribution is 1.96. The van der Waals surface area contributed by atoms with E-state index in [0.717, 1.165) is 12.8 Å². The third-order valence-electron chi connectivity index (χ3n) is 2.88. The summed E-state index contributed by atoms with van der Waals surface area (Å²) in [4.78, 5) is 23.4. The van der Waals surface area contributed by atoms with E-state index in [9.17, 15) is 9.59 Å². The fraction of sp³-hybridized carbons (Fsp3) is 0.538. The molecule has 0 atom stereocenters. The van der Waals surface area contributed by atoms with Gasteiger partial charge in [-0.1, -0.05) is 19.9 Å². The number of hydrogen-bond acceptors (Lipinski definition) is 2. The molecular formula is C13H20N2O2. The molecule has 17 heavy (non-hydrogen) atoms. The van der Waals surface area contributed by atoms with Gasteiger partial charge in [0.05, 0.1) is 0 Å². The Morgan fingerprint density at radius 2 is 2.06 bits per heavy atom. The van der Waals surface area contributed by atoms with Crippen molar-refractivity contribution >= 4 is 5.91 Å². The maximum atomic E-state index is 11.7. The SMILES string of the molecule is CCC(CC)NC(=O)Cn1cccc(C)c1=O. The number of aromatic nitrogens is 1. The van der Waals surface area contributed by atoms with Crippen LogP contribution >= 0.6 is 0 Å². The number of carbonyl (C=O) groups is 1. The van der Waals surface area contributed by atoms with Gasteiger partial charge in [0.2, 0.25) is 5.91 Å². The molecule has 1 heterocycles. The number of nitrogens with zero attached hydrogens (tertiary/aromatic N) is 1. The first-order valence-corrected chi connectivity index (χ1v) is 6.03. The van der Waals surface area contributed by atoms with E-state index in [0.29, 0.717) is 5.56 Å². The van der Waals surface area contributed by atoms with Gasteiger partial charge in [-0.3, -0.25) is 9.59 Å². The van der Waals surface area contributed by atoms with Crippen molar-refractivity contribution in [1.29, 1.82) is 0 Å². The molecule has 0 aliphatic carbocycles. The van der Waals surface area contributed by atoms with Crippen LogP contribution in [0.2, 0.25) is 0 Å². The molecule has 1 amide bonds. The summed E-state index contributed by atoms with van der Waals surface area (Å²) in [5.74, 6) is -0.105. The molecule has 0 saturated heterocycles. The Bertz CT molecular complexity index is 433. The number of carbonyl (C=O) groups excluding carboxylic acids is 1. The first-order chi connectivity index (χ1) is 8.08. The van der Waals surface area contributed by atoms with E-state index in [4.69, 9.17) is 0 Å². The minimum atomic E-state index is -0.105. The van der Waals surface area contributed by atoms with E-state index in [1.807, 2.05) is 13.8 Å². The highest BCUT2D eigenvalue weighted by atomic mass is 16.2. The summed E-state index contributed by atoms with van der Waals surface area (Å²) in [7, 11) is 0.